The van der Waals surface area contributed by atoms with Gasteiger partial charge in [-0.25, -0.2) is 18.0 Å². The van der Waals surface area contributed by atoms with Crippen LogP contribution in [-0.2, 0) is 41.9 Å². The second-order valence-electron chi connectivity index (χ2n) is 14.3. The Labute approximate surface area is 337 Å². The van der Waals surface area contributed by atoms with E-state index in [1.165, 1.54) is 18.2 Å². The number of nitrogens with two attached hydrogens (primary N) is 1. The summed E-state index contributed by atoms with van der Waals surface area (Å²) in [4.78, 5) is 49.2. The molecule has 2 aromatic carbocycles. The van der Waals surface area contributed by atoms with Gasteiger partial charge >= 0.3 is 24.3 Å². The zero-order chi connectivity index (χ0) is 43.4. The quantitative estimate of drug-likeness (QED) is 0.213. The second kappa shape index (κ2) is 21.3. The topological polar surface area (TPSA) is 199 Å². The van der Waals surface area contributed by atoms with Gasteiger partial charge in [-0.2, -0.15) is 26.3 Å². The molecular formula is C37H48ClF6N5O8S. The lowest BCUT2D eigenvalue weighted by molar-refractivity contribution is -0.193. The normalized spacial score (nSPS) is 19.5. The van der Waals surface area contributed by atoms with Crippen molar-refractivity contribution in [2.75, 3.05) is 39.0 Å². The summed E-state index contributed by atoms with van der Waals surface area (Å²) in [6.07, 6.45) is -2.14. The van der Waals surface area contributed by atoms with Crippen molar-refractivity contribution >= 4 is 45.2 Å². The molecule has 2 heterocycles. The number of sulfone groups is 1. The van der Waals surface area contributed by atoms with Gasteiger partial charge in [-0.15, -0.1) is 0 Å². The molecule has 21 heteroatoms. The highest BCUT2D eigenvalue weighted by atomic mass is 35.5. The summed E-state index contributed by atoms with van der Waals surface area (Å²) in [5, 5.41) is 20.4. The molecule has 3 aliphatic rings. The third-order valence-corrected chi connectivity index (χ3v) is 11.6. The van der Waals surface area contributed by atoms with Gasteiger partial charge in [0.25, 0.3) is 0 Å². The molecule has 0 aromatic heterocycles. The molecule has 0 bridgehead atoms. The smallest absolute Gasteiger partial charge is 0.475 e. The molecule has 5 rings (SSSR count). The van der Waals surface area contributed by atoms with Crippen LogP contribution >= 0.6 is 11.6 Å². The monoisotopic (exact) mass is 871 g/mol. The largest absolute Gasteiger partial charge is 0.490 e. The molecule has 0 spiro atoms. The van der Waals surface area contributed by atoms with Crippen LogP contribution in [-0.4, -0.2) is 121 Å². The molecule has 1 saturated carbocycles. The van der Waals surface area contributed by atoms with Crippen molar-refractivity contribution in [2.24, 2.45) is 11.7 Å². The van der Waals surface area contributed by atoms with E-state index in [0.717, 1.165) is 49.8 Å². The van der Waals surface area contributed by atoms with Crippen molar-refractivity contribution < 1.29 is 64.2 Å². The fraction of sp³-hybridized carbons (Fsp3) is 0.568. The maximum atomic E-state index is 14.0. The average molecular weight is 872 g/mol. The average Bonchev–Trinajstić information content (AvgIpc) is 3.15. The van der Waals surface area contributed by atoms with E-state index in [2.05, 4.69) is 27.7 Å². The number of halogens is 7. The number of carboxylic acid groups (broad SMARTS) is 2. The number of aliphatic carboxylic acids is 2. The van der Waals surface area contributed by atoms with Crippen molar-refractivity contribution in [1.82, 2.24) is 20.4 Å². The molecule has 2 amide bonds. The summed E-state index contributed by atoms with van der Waals surface area (Å²) in [6, 6.07) is 14.4. The van der Waals surface area contributed by atoms with Crippen LogP contribution < -0.4 is 16.4 Å². The number of benzene rings is 2. The molecule has 4 unspecified atom stereocenters. The minimum Gasteiger partial charge on any atom is -0.475 e. The van der Waals surface area contributed by atoms with Crippen LogP contribution in [0.1, 0.15) is 61.3 Å². The van der Waals surface area contributed by atoms with E-state index in [1.807, 2.05) is 24.3 Å². The molecule has 4 atom stereocenters. The Morgan fingerprint density at radius 2 is 1.43 bits per heavy atom. The Bertz CT molecular complexity index is 1780. The Kier molecular flexibility index (Phi) is 17.8. The lowest BCUT2D eigenvalue weighted by Crippen LogP contribution is -2.62. The van der Waals surface area contributed by atoms with E-state index in [0.29, 0.717) is 37.6 Å². The van der Waals surface area contributed by atoms with Crippen LogP contribution in [0.2, 0.25) is 5.02 Å². The first-order chi connectivity index (χ1) is 27.0. The molecule has 2 fully saturated rings. The summed E-state index contributed by atoms with van der Waals surface area (Å²) in [5.74, 6) is -5.60. The van der Waals surface area contributed by atoms with E-state index in [-0.39, 0.29) is 36.2 Å². The number of amides is 2. The van der Waals surface area contributed by atoms with E-state index >= 15 is 0 Å². The van der Waals surface area contributed by atoms with Gasteiger partial charge in [0.15, 0.2) is 9.84 Å². The van der Waals surface area contributed by atoms with Crippen molar-refractivity contribution in [1.29, 1.82) is 0 Å². The third kappa shape index (κ3) is 15.0. The van der Waals surface area contributed by atoms with Gasteiger partial charge in [0.05, 0.1) is 0 Å². The number of rotatable bonds is 10. The van der Waals surface area contributed by atoms with Crippen LogP contribution in [0, 0.1) is 5.92 Å². The summed E-state index contributed by atoms with van der Waals surface area (Å²) < 4.78 is 88.6. The molecule has 58 heavy (non-hydrogen) atoms. The fourth-order valence-electron chi connectivity index (χ4n) is 7.23. The lowest BCUT2D eigenvalue weighted by Gasteiger charge is -2.45. The number of piperazine rings is 1. The molecule has 0 radical (unpaired) electrons. The Morgan fingerprint density at radius 1 is 0.897 bits per heavy atom. The molecule has 6 N–H and O–H groups in total. The van der Waals surface area contributed by atoms with Gasteiger partial charge in [-0.3, -0.25) is 14.5 Å². The predicted octanol–water partition coefficient (Wildman–Crippen LogP) is 4.33. The van der Waals surface area contributed by atoms with Crippen LogP contribution in [0.25, 0.3) is 0 Å². The number of carbonyl (C=O) groups is 4. The van der Waals surface area contributed by atoms with Crippen LogP contribution in [0.3, 0.4) is 0 Å². The minimum atomic E-state index is -5.08. The van der Waals surface area contributed by atoms with Gasteiger partial charge in [0.2, 0.25) is 11.8 Å². The Hall–Kier alpha value is -3.98. The molecule has 1 aliphatic carbocycles. The Morgan fingerprint density at radius 3 is 1.95 bits per heavy atom. The minimum absolute atomic E-state index is 0.106. The summed E-state index contributed by atoms with van der Waals surface area (Å²) in [5.41, 5.74) is 9.67. The van der Waals surface area contributed by atoms with Gasteiger partial charge in [0.1, 0.15) is 11.4 Å². The van der Waals surface area contributed by atoms with Crippen LogP contribution in [0.5, 0.6) is 0 Å². The molecule has 13 nitrogen and oxygen atoms in total. The first-order valence-corrected chi connectivity index (χ1v) is 20.7. The summed E-state index contributed by atoms with van der Waals surface area (Å²) >= 11 is 6.11. The lowest BCUT2D eigenvalue weighted by atomic mass is 9.83. The van der Waals surface area contributed by atoms with Crippen molar-refractivity contribution in [3.05, 3.63) is 70.2 Å². The summed E-state index contributed by atoms with van der Waals surface area (Å²) in [7, 11) is -3.43. The molecule has 2 aliphatic heterocycles. The number of fused-ring (bicyclic) bond motifs is 1. The highest BCUT2D eigenvalue weighted by Gasteiger charge is 2.41. The first-order valence-electron chi connectivity index (χ1n) is 18.4. The van der Waals surface area contributed by atoms with Gasteiger partial charge in [0, 0.05) is 62.4 Å². The maximum Gasteiger partial charge on any atom is 0.490 e. The van der Waals surface area contributed by atoms with E-state index in [4.69, 9.17) is 37.1 Å². The Balaban J connectivity index is 0.000000550. The maximum absolute atomic E-state index is 14.0. The number of nitrogens with zero attached hydrogens (tertiary/aromatic N) is 2. The number of alkyl halides is 6. The standard InChI is InChI=1S/C33H46ClN5O4S.2C2HF3O2/c1-44(42,43)32(35)31(25-8-3-2-4-9-25)38-17-19-39(20-18-38)33(41)29(21-23-11-13-26(34)14-12-23)37-30(40)22-28-27-10-6-5-7-24(27)15-16-36-28;2*3-2(4,5)1(6)7/h5-7,10-14,25,28-29,31-32,36H,2-4,8-9,15-22,35H2,1H3,(H,37,40);2*(H,6,7). The van der Waals surface area contributed by atoms with Crippen molar-refractivity contribution in [2.45, 2.75) is 87.2 Å². The zero-order valence-corrected chi connectivity index (χ0v) is 33.1. The molecule has 2 aromatic rings. The zero-order valence-electron chi connectivity index (χ0n) is 31.6. The molecule has 324 valence electrons. The number of carboxylic acids is 2. The number of hydrogen-bond donors (Lipinski definition) is 5. The molecular weight excluding hydrogens is 824 g/mol. The molecule has 1 saturated heterocycles. The summed E-state index contributed by atoms with van der Waals surface area (Å²) in [6.45, 7) is 2.78. The fourth-order valence-corrected chi connectivity index (χ4v) is 8.26. The third-order valence-electron chi connectivity index (χ3n) is 10.1. The van der Waals surface area contributed by atoms with Gasteiger partial charge in [-0.05, 0) is 60.5 Å². The van der Waals surface area contributed by atoms with Gasteiger partial charge in [-0.1, -0.05) is 67.3 Å². The van der Waals surface area contributed by atoms with Crippen LogP contribution in [0.15, 0.2) is 48.5 Å². The first kappa shape index (κ1) is 48.4. The van der Waals surface area contributed by atoms with E-state index in [1.54, 1.807) is 17.0 Å². The van der Waals surface area contributed by atoms with E-state index in [9.17, 15) is 44.3 Å². The van der Waals surface area contributed by atoms with Gasteiger partial charge < -0.3 is 31.5 Å². The second-order valence-corrected chi connectivity index (χ2v) is 16.9. The highest BCUT2D eigenvalue weighted by Crippen LogP contribution is 2.32. The van der Waals surface area contributed by atoms with Crippen molar-refractivity contribution in [3.8, 4) is 0 Å². The SMILES string of the molecule is CS(=O)(=O)C(N)C(C1CCCCC1)N1CCN(C(=O)C(Cc2ccc(Cl)cc2)NC(=O)CC2NCCc3ccccc32)CC1.O=C(O)C(F)(F)F.O=C(O)C(F)(F)F. The number of hydrogen-bond acceptors (Lipinski definition) is 9. The highest BCUT2D eigenvalue weighted by molar-refractivity contribution is 7.91. The number of carbonyl (C=O) groups excluding carboxylic acids is 2. The predicted molar refractivity (Wildman–Crippen MR) is 201 cm³/mol. The van der Waals surface area contributed by atoms with Crippen molar-refractivity contribution in [3.63, 3.8) is 0 Å². The van der Waals surface area contributed by atoms with E-state index < -0.39 is 45.5 Å². The number of nitrogens with one attached hydrogen (secondary N) is 2. The van der Waals surface area contributed by atoms with Crippen LogP contribution in [0.4, 0.5) is 26.3 Å².